The van der Waals surface area contributed by atoms with E-state index in [-0.39, 0.29) is 11.5 Å². The number of hydrogen-bond donors (Lipinski definition) is 1. The van der Waals surface area contributed by atoms with Crippen molar-refractivity contribution >= 4 is 0 Å². The minimum Gasteiger partial charge on any atom is -0.392 e. The predicted molar refractivity (Wildman–Crippen MR) is 69.9 cm³/mol. The molecule has 0 amide bonds. The standard InChI is InChI=1S/C16H22O/c17-15(13-7-4-5-8-13)16(11-6-12-16)14-9-2-1-3-10-14/h1-3,9-10,13,15,17H,4-8,11-12H2. The quantitative estimate of drug-likeness (QED) is 0.840. The van der Waals surface area contributed by atoms with Gasteiger partial charge in [0.2, 0.25) is 0 Å². The van der Waals surface area contributed by atoms with Crippen LogP contribution in [0.2, 0.25) is 0 Å². The summed E-state index contributed by atoms with van der Waals surface area (Å²) >= 11 is 0. The van der Waals surface area contributed by atoms with Crippen molar-refractivity contribution < 1.29 is 5.11 Å². The van der Waals surface area contributed by atoms with Crippen LogP contribution < -0.4 is 0 Å². The van der Waals surface area contributed by atoms with Gasteiger partial charge in [-0.2, -0.15) is 0 Å². The van der Waals surface area contributed by atoms with E-state index in [4.69, 9.17) is 0 Å². The van der Waals surface area contributed by atoms with E-state index in [1.807, 2.05) is 0 Å². The molecule has 1 atom stereocenters. The third kappa shape index (κ3) is 1.81. The van der Waals surface area contributed by atoms with Gasteiger partial charge in [-0.25, -0.2) is 0 Å². The molecule has 0 aromatic heterocycles. The van der Waals surface area contributed by atoms with E-state index < -0.39 is 0 Å². The number of rotatable bonds is 3. The van der Waals surface area contributed by atoms with Crippen molar-refractivity contribution in [3.8, 4) is 0 Å². The van der Waals surface area contributed by atoms with Gasteiger partial charge in [0.15, 0.2) is 0 Å². The average Bonchev–Trinajstić information content (AvgIpc) is 2.82. The molecule has 2 saturated carbocycles. The van der Waals surface area contributed by atoms with Crippen LogP contribution in [0.5, 0.6) is 0 Å². The Labute approximate surface area is 104 Å². The maximum Gasteiger partial charge on any atom is 0.0664 e. The number of aliphatic hydroxyl groups excluding tert-OH is 1. The fraction of sp³-hybridized carbons (Fsp3) is 0.625. The zero-order chi connectivity index (χ0) is 11.7. The van der Waals surface area contributed by atoms with Crippen molar-refractivity contribution in [2.45, 2.75) is 56.5 Å². The Morgan fingerprint density at radius 1 is 1.00 bits per heavy atom. The van der Waals surface area contributed by atoms with Crippen molar-refractivity contribution in [1.29, 1.82) is 0 Å². The third-order valence-corrected chi connectivity index (χ3v) is 5.01. The maximum absolute atomic E-state index is 10.8. The van der Waals surface area contributed by atoms with Gasteiger partial charge in [0.25, 0.3) is 0 Å². The Balaban J connectivity index is 1.86. The van der Waals surface area contributed by atoms with Crippen LogP contribution in [0.15, 0.2) is 30.3 Å². The molecule has 0 heterocycles. The van der Waals surface area contributed by atoms with Crippen LogP contribution in [0.1, 0.15) is 50.5 Å². The van der Waals surface area contributed by atoms with Gasteiger partial charge in [-0.1, -0.05) is 49.6 Å². The summed E-state index contributed by atoms with van der Waals surface area (Å²) in [5, 5.41) is 10.8. The highest BCUT2D eigenvalue weighted by Crippen LogP contribution is 2.50. The molecule has 2 fully saturated rings. The molecule has 92 valence electrons. The van der Waals surface area contributed by atoms with Crippen LogP contribution >= 0.6 is 0 Å². The predicted octanol–water partition coefficient (Wildman–Crippen LogP) is 3.66. The molecule has 1 heteroatoms. The lowest BCUT2D eigenvalue weighted by Gasteiger charge is -2.48. The van der Waals surface area contributed by atoms with E-state index in [0.717, 1.165) is 0 Å². The topological polar surface area (TPSA) is 20.2 Å². The van der Waals surface area contributed by atoms with Crippen molar-refractivity contribution in [2.75, 3.05) is 0 Å². The van der Waals surface area contributed by atoms with Crippen molar-refractivity contribution in [1.82, 2.24) is 0 Å². The normalized spacial score (nSPS) is 25.5. The van der Waals surface area contributed by atoms with Gasteiger partial charge in [-0.3, -0.25) is 0 Å². The Morgan fingerprint density at radius 3 is 2.18 bits per heavy atom. The Hall–Kier alpha value is -0.820. The van der Waals surface area contributed by atoms with Gasteiger partial charge < -0.3 is 5.11 Å². The van der Waals surface area contributed by atoms with Crippen molar-refractivity contribution in [3.63, 3.8) is 0 Å². The third-order valence-electron chi connectivity index (χ3n) is 5.01. The summed E-state index contributed by atoms with van der Waals surface area (Å²) in [4.78, 5) is 0. The van der Waals surface area contributed by atoms with E-state index in [9.17, 15) is 5.11 Å². The van der Waals surface area contributed by atoms with Crippen LogP contribution in [0, 0.1) is 5.92 Å². The van der Waals surface area contributed by atoms with Gasteiger partial charge in [-0.05, 0) is 37.2 Å². The lowest BCUT2D eigenvalue weighted by molar-refractivity contribution is -0.0123. The van der Waals surface area contributed by atoms with E-state index in [0.29, 0.717) is 5.92 Å². The molecule has 1 aromatic rings. The highest BCUT2D eigenvalue weighted by Gasteiger charge is 2.47. The summed E-state index contributed by atoms with van der Waals surface area (Å²) in [5.74, 6) is 0.551. The SMILES string of the molecule is OC(C1CCCC1)C1(c2ccccc2)CCC1. The molecule has 3 rings (SSSR count). The Kier molecular flexibility index (Phi) is 2.96. The van der Waals surface area contributed by atoms with Gasteiger partial charge in [0.1, 0.15) is 0 Å². The fourth-order valence-electron chi connectivity index (χ4n) is 3.81. The van der Waals surface area contributed by atoms with Crippen LogP contribution in [-0.2, 0) is 5.41 Å². The molecule has 1 N–H and O–H groups in total. The molecule has 0 bridgehead atoms. The molecule has 0 radical (unpaired) electrons. The molecule has 2 aliphatic carbocycles. The monoisotopic (exact) mass is 230 g/mol. The fourth-order valence-corrected chi connectivity index (χ4v) is 3.81. The lowest BCUT2D eigenvalue weighted by Crippen LogP contribution is -2.48. The van der Waals surface area contributed by atoms with Gasteiger partial charge in [-0.15, -0.1) is 0 Å². The number of benzene rings is 1. The van der Waals surface area contributed by atoms with Crippen LogP contribution in [0.3, 0.4) is 0 Å². The van der Waals surface area contributed by atoms with Gasteiger partial charge in [0.05, 0.1) is 6.10 Å². The van der Waals surface area contributed by atoms with E-state index in [2.05, 4.69) is 30.3 Å². The summed E-state index contributed by atoms with van der Waals surface area (Å²) in [6.45, 7) is 0. The van der Waals surface area contributed by atoms with E-state index >= 15 is 0 Å². The lowest BCUT2D eigenvalue weighted by atomic mass is 9.58. The summed E-state index contributed by atoms with van der Waals surface area (Å²) in [5.41, 5.74) is 1.46. The molecule has 2 aliphatic rings. The highest BCUT2D eigenvalue weighted by atomic mass is 16.3. The summed E-state index contributed by atoms with van der Waals surface area (Å²) < 4.78 is 0. The minimum absolute atomic E-state index is 0.0935. The number of hydrogen-bond acceptors (Lipinski definition) is 1. The molecule has 0 aliphatic heterocycles. The second-order valence-corrected chi connectivity index (χ2v) is 5.87. The van der Waals surface area contributed by atoms with Crippen LogP contribution in [-0.4, -0.2) is 11.2 Å². The molecule has 1 unspecified atom stereocenters. The molecule has 1 aromatic carbocycles. The second kappa shape index (κ2) is 4.45. The first-order valence-corrected chi connectivity index (χ1v) is 7.06. The second-order valence-electron chi connectivity index (χ2n) is 5.87. The molecule has 0 spiro atoms. The number of aliphatic hydroxyl groups is 1. The van der Waals surface area contributed by atoms with Gasteiger partial charge in [0, 0.05) is 5.41 Å². The molecule has 0 saturated heterocycles. The van der Waals surface area contributed by atoms with E-state index in [1.54, 1.807) is 0 Å². The van der Waals surface area contributed by atoms with Crippen molar-refractivity contribution in [3.05, 3.63) is 35.9 Å². The molecule has 1 nitrogen and oxygen atoms in total. The Morgan fingerprint density at radius 2 is 1.65 bits per heavy atom. The summed E-state index contributed by atoms with van der Waals surface area (Å²) in [7, 11) is 0. The minimum atomic E-state index is -0.110. The zero-order valence-electron chi connectivity index (χ0n) is 10.4. The molecular weight excluding hydrogens is 208 g/mol. The zero-order valence-corrected chi connectivity index (χ0v) is 10.4. The summed E-state index contributed by atoms with van der Waals surface area (Å²) in [6.07, 6.45) is 8.60. The van der Waals surface area contributed by atoms with Crippen LogP contribution in [0.4, 0.5) is 0 Å². The first kappa shape index (κ1) is 11.3. The first-order chi connectivity index (χ1) is 8.33. The first-order valence-electron chi connectivity index (χ1n) is 7.06. The molecular formula is C16H22O. The smallest absolute Gasteiger partial charge is 0.0664 e. The van der Waals surface area contributed by atoms with Crippen LogP contribution in [0.25, 0.3) is 0 Å². The summed E-state index contributed by atoms with van der Waals surface area (Å²) in [6, 6.07) is 10.7. The molecule has 17 heavy (non-hydrogen) atoms. The van der Waals surface area contributed by atoms with Crippen molar-refractivity contribution in [2.24, 2.45) is 5.92 Å². The Bertz CT molecular complexity index is 360. The highest BCUT2D eigenvalue weighted by molar-refractivity contribution is 5.30. The average molecular weight is 230 g/mol. The van der Waals surface area contributed by atoms with Gasteiger partial charge >= 0.3 is 0 Å². The largest absolute Gasteiger partial charge is 0.392 e. The maximum atomic E-state index is 10.8. The van der Waals surface area contributed by atoms with E-state index in [1.165, 1.54) is 50.5 Å².